The van der Waals surface area contributed by atoms with E-state index in [1.807, 2.05) is 0 Å². The van der Waals surface area contributed by atoms with Gasteiger partial charge in [-0.15, -0.1) is 0 Å². The van der Waals surface area contributed by atoms with Crippen LogP contribution in [0.25, 0.3) is 0 Å². The highest BCUT2D eigenvalue weighted by Crippen LogP contribution is 2.23. The minimum Gasteiger partial charge on any atom is -0.326 e. The highest BCUT2D eigenvalue weighted by molar-refractivity contribution is 7.91. The zero-order valence-electron chi connectivity index (χ0n) is 9.93. The summed E-state index contributed by atoms with van der Waals surface area (Å²) < 4.78 is 22.6. The number of hydrogen-bond acceptors (Lipinski definition) is 3. The third kappa shape index (κ3) is 3.54. The molecular weight excluding hydrogens is 234 g/mol. The van der Waals surface area contributed by atoms with E-state index in [0.717, 1.165) is 24.8 Å². The predicted octanol–water partition coefficient (Wildman–Crippen LogP) is 1.51. The number of sulfone groups is 1. The van der Waals surface area contributed by atoms with Gasteiger partial charge in [0.25, 0.3) is 0 Å². The van der Waals surface area contributed by atoms with Gasteiger partial charge in [-0.2, -0.15) is 0 Å². The molecule has 2 N–H and O–H groups in total. The van der Waals surface area contributed by atoms with Gasteiger partial charge in [-0.3, -0.25) is 0 Å². The van der Waals surface area contributed by atoms with Crippen molar-refractivity contribution in [1.82, 2.24) is 0 Å². The molecule has 1 aliphatic heterocycles. The van der Waals surface area contributed by atoms with Crippen molar-refractivity contribution >= 4 is 9.84 Å². The molecule has 2 rings (SSSR count). The maximum absolute atomic E-state index is 11.3. The average Bonchev–Trinajstić information content (AvgIpc) is 2.33. The summed E-state index contributed by atoms with van der Waals surface area (Å²) in [6.45, 7) is 0.571. The normalized spacial score (nSPS) is 20.3. The van der Waals surface area contributed by atoms with Gasteiger partial charge in [0.05, 0.1) is 11.5 Å². The van der Waals surface area contributed by atoms with Crippen molar-refractivity contribution in [2.45, 2.75) is 25.8 Å². The molecule has 1 heterocycles. The van der Waals surface area contributed by atoms with Gasteiger partial charge in [0.2, 0.25) is 0 Å². The van der Waals surface area contributed by atoms with Gasteiger partial charge in [0.15, 0.2) is 0 Å². The summed E-state index contributed by atoms with van der Waals surface area (Å²) in [6.07, 6.45) is 2.60. The van der Waals surface area contributed by atoms with Crippen LogP contribution in [-0.2, 0) is 22.8 Å². The van der Waals surface area contributed by atoms with E-state index >= 15 is 0 Å². The number of rotatable bonds is 3. The van der Waals surface area contributed by atoms with Crippen molar-refractivity contribution in [3.63, 3.8) is 0 Å². The Bertz CT molecular complexity index is 451. The van der Waals surface area contributed by atoms with Gasteiger partial charge in [-0.05, 0) is 36.3 Å². The van der Waals surface area contributed by atoms with Crippen LogP contribution in [-0.4, -0.2) is 19.9 Å². The lowest BCUT2D eigenvalue weighted by molar-refractivity contribution is 0.463. The van der Waals surface area contributed by atoms with Crippen LogP contribution in [0.15, 0.2) is 24.3 Å². The van der Waals surface area contributed by atoms with E-state index in [9.17, 15) is 8.42 Å². The van der Waals surface area contributed by atoms with Crippen LogP contribution in [0.2, 0.25) is 0 Å². The molecule has 3 nitrogen and oxygen atoms in total. The molecule has 1 fully saturated rings. The fraction of sp³-hybridized carbons (Fsp3) is 0.538. The van der Waals surface area contributed by atoms with E-state index in [0.29, 0.717) is 24.0 Å². The van der Waals surface area contributed by atoms with Crippen molar-refractivity contribution in [2.24, 2.45) is 11.7 Å². The van der Waals surface area contributed by atoms with Gasteiger partial charge >= 0.3 is 0 Å². The van der Waals surface area contributed by atoms with Gasteiger partial charge in [-0.1, -0.05) is 24.3 Å². The van der Waals surface area contributed by atoms with Crippen molar-refractivity contribution in [3.05, 3.63) is 35.4 Å². The third-order valence-corrected chi connectivity index (χ3v) is 5.17. The van der Waals surface area contributed by atoms with E-state index in [1.54, 1.807) is 0 Å². The highest BCUT2D eigenvalue weighted by Gasteiger charge is 2.23. The Balaban J connectivity index is 1.93. The van der Waals surface area contributed by atoms with Crippen molar-refractivity contribution in [1.29, 1.82) is 0 Å². The SMILES string of the molecule is NCc1ccc(CC2CCS(=O)(=O)CC2)cc1. The monoisotopic (exact) mass is 253 g/mol. The van der Waals surface area contributed by atoms with Gasteiger partial charge in [0, 0.05) is 6.54 Å². The van der Waals surface area contributed by atoms with Gasteiger partial charge < -0.3 is 5.73 Å². The summed E-state index contributed by atoms with van der Waals surface area (Å²) in [4.78, 5) is 0. The average molecular weight is 253 g/mol. The van der Waals surface area contributed by atoms with Crippen molar-refractivity contribution in [2.75, 3.05) is 11.5 Å². The Labute approximate surface area is 103 Å². The molecule has 0 spiro atoms. The van der Waals surface area contributed by atoms with Crippen LogP contribution in [0.1, 0.15) is 24.0 Å². The van der Waals surface area contributed by atoms with Crippen LogP contribution in [0.3, 0.4) is 0 Å². The molecule has 1 aromatic carbocycles. The van der Waals surface area contributed by atoms with E-state index in [2.05, 4.69) is 24.3 Å². The second-order valence-corrected chi connectivity index (χ2v) is 7.12. The van der Waals surface area contributed by atoms with Crippen molar-refractivity contribution < 1.29 is 8.42 Å². The maximum atomic E-state index is 11.3. The molecule has 4 heteroatoms. The maximum Gasteiger partial charge on any atom is 0.150 e. The van der Waals surface area contributed by atoms with Gasteiger partial charge in [-0.25, -0.2) is 8.42 Å². The fourth-order valence-electron chi connectivity index (χ4n) is 2.29. The molecule has 1 saturated heterocycles. The molecular formula is C13H19NO2S. The lowest BCUT2D eigenvalue weighted by atomic mass is 9.94. The lowest BCUT2D eigenvalue weighted by Crippen LogP contribution is -2.24. The Kier molecular flexibility index (Phi) is 3.84. The summed E-state index contributed by atoms with van der Waals surface area (Å²) in [7, 11) is -2.74. The minimum atomic E-state index is -2.74. The van der Waals surface area contributed by atoms with Crippen LogP contribution in [0, 0.1) is 5.92 Å². The number of nitrogens with two attached hydrogens (primary N) is 1. The fourth-order valence-corrected chi connectivity index (χ4v) is 3.88. The number of hydrogen-bond donors (Lipinski definition) is 1. The van der Waals surface area contributed by atoms with E-state index in [1.165, 1.54) is 5.56 Å². The molecule has 0 bridgehead atoms. The Morgan fingerprint density at radius 1 is 1.06 bits per heavy atom. The first-order valence-corrected chi connectivity index (χ1v) is 7.89. The molecule has 17 heavy (non-hydrogen) atoms. The quantitative estimate of drug-likeness (QED) is 0.888. The molecule has 0 unspecified atom stereocenters. The Morgan fingerprint density at radius 2 is 1.59 bits per heavy atom. The standard InChI is InChI=1S/C13H19NO2S/c14-10-13-3-1-11(2-4-13)9-12-5-7-17(15,16)8-6-12/h1-4,12H,5-10,14H2. The summed E-state index contributed by atoms with van der Waals surface area (Å²) in [5.74, 6) is 1.24. The summed E-state index contributed by atoms with van der Waals surface area (Å²) in [6, 6.07) is 8.31. The zero-order chi connectivity index (χ0) is 12.3. The second kappa shape index (κ2) is 5.19. The van der Waals surface area contributed by atoms with Crippen LogP contribution in [0.4, 0.5) is 0 Å². The first kappa shape index (κ1) is 12.6. The smallest absolute Gasteiger partial charge is 0.150 e. The first-order valence-electron chi connectivity index (χ1n) is 6.07. The lowest BCUT2D eigenvalue weighted by Gasteiger charge is -2.21. The predicted molar refractivity (Wildman–Crippen MR) is 69.4 cm³/mol. The molecule has 1 aliphatic rings. The van der Waals surface area contributed by atoms with Gasteiger partial charge in [0.1, 0.15) is 9.84 Å². The molecule has 1 aromatic rings. The molecule has 0 atom stereocenters. The Hall–Kier alpha value is -0.870. The van der Waals surface area contributed by atoms with Crippen molar-refractivity contribution in [3.8, 4) is 0 Å². The van der Waals surface area contributed by atoms with E-state index in [-0.39, 0.29) is 0 Å². The first-order chi connectivity index (χ1) is 8.09. The minimum absolute atomic E-state index is 0.360. The Morgan fingerprint density at radius 3 is 2.12 bits per heavy atom. The number of benzene rings is 1. The van der Waals surface area contributed by atoms with Crippen LogP contribution >= 0.6 is 0 Å². The van der Waals surface area contributed by atoms with Crippen LogP contribution < -0.4 is 5.73 Å². The molecule has 0 radical (unpaired) electrons. The molecule has 94 valence electrons. The largest absolute Gasteiger partial charge is 0.326 e. The zero-order valence-corrected chi connectivity index (χ0v) is 10.7. The summed E-state index contributed by atoms with van der Waals surface area (Å²) >= 11 is 0. The third-order valence-electron chi connectivity index (χ3n) is 3.46. The van der Waals surface area contributed by atoms with Crippen LogP contribution in [0.5, 0.6) is 0 Å². The summed E-state index contributed by atoms with van der Waals surface area (Å²) in [5, 5.41) is 0. The molecule has 0 aromatic heterocycles. The highest BCUT2D eigenvalue weighted by atomic mass is 32.2. The van der Waals surface area contributed by atoms with E-state index in [4.69, 9.17) is 5.73 Å². The molecule has 0 amide bonds. The van der Waals surface area contributed by atoms with E-state index < -0.39 is 9.84 Å². The summed E-state index contributed by atoms with van der Waals surface area (Å²) in [5.41, 5.74) is 7.97. The second-order valence-electron chi connectivity index (χ2n) is 4.82. The molecule has 0 aliphatic carbocycles. The molecule has 0 saturated carbocycles. The topological polar surface area (TPSA) is 60.2 Å².